The molecule has 0 saturated heterocycles. The molecule has 1 aliphatic rings. The molecule has 0 amide bonds. The average molecular weight is 287 g/mol. The second kappa shape index (κ2) is 5.26. The van der Waals surface area contributed by atoms with Gasteiger partial charge in [0.1, 0.15) is 5.82 Å². The molecular weight excluding hydrogens is 273 g/mol. The zero-order valence-corrected chi connectivity index (χ0v) is 11.2. The van der Waals surface area contributed by atoms with E-state index in [1.165, 1.54) is 12.1 Å². The van der Waals surface area contributed by atoms with Crippen molar-refractivity contribution in [2.45, 2.75) is 18.9 Å². The first kappa shape index (κ1) is 13.7. The fourth-order valence-corrected chi connectivity index (χ4v) is 3.00. The molecule has 0 fully saturated rings. The molecule has 3 rings (SSSR count). The van der Waals surface area contributed by atoms with Crippen molar-refractivity contribution in [2.75, 3.05) is 0 Å². The fourth-order valence-electron chi connectivity index (χ4n) is 3.00. The predicted molar refractivity (Wildman–Crippen MR) is 75.4 cm³/mol. The molecule has 2 unspecified atom stereocenters. The van der Waals surface area contributed by atoms with E-state index in [9.17, 15) is 19.6 Å². The first-order valence-corrected chi connectivity index (χ1v) is 6.74. The Bertz CT molecular complexity index is 702. The summed E-state index contributed by atoms with van der Waals surface area (Å²) in [5, 5.41) is 21.1. The van der Waals surface area contributed by atoms with Gasteiger partial charge in [-0.2, -0.15) is 0 Å². The molecule has 1 N–H and O–H groups in total. The van der Waals surface area contributed by atoms with Crippen LogP contribution in [0.1, 0.15) is 22.8 Å². The molecule has 0 aromatic heterocycles. The van der Waals surface area contributed by atoms with E-state index in [0.29, 0.717) is 18.4 Å². The molecule has 0 aliphatic heterocycles. The molecular formula is C16H14FNO3. The lowest BCUT2D eigenvalue weighted by atomic mass is 9.94. The Morgan fingerprint density at radius 1 is 1.29 bits per heavy atom. The Morgan fingerprint density at radius 3 is 2.76 bits per heavy atom. The molecule has 2 aromatic carbocycles. The van der Waals surface area contributed by atoms with Crippen LogP contribution in [0.15, 0.2) is 42.5 Å². The number of rotatable bonds is 3. The van der Waals surface area contributed by atoms with Crippen molar-refractivity contribution in [2.24, 2.45) is 5.92 Å². The van der Waals surface area contributed by atoms with Crippen LogP contribution < -0.4 is 0 Å². The maximum absolute atomic E-state index is 13.5. The highest BCUT2D eigenvalue weighted by molar-refractivity contribution is 5.38. The van der Waals surface area contributed by atoms with E-state index in [1.807, 2.05) is 24.3 Å². The summed E-state index contributed by atoms with van der Waals surface area (Å²) in [4.78, 5) is 10.2. The number of nitrogens with zero attached hydrogens (tertiary/aromatic N) is 1. The Kier molecular flexibility index (Phi) is 3.43. The van der Waals surface area contributed by atoms with Gasteiger partial charge in [0.2, 0.25) is 0 Å². The lowest BCUT2D eigenvalue weighted by Gasteiger charge is -2.15. The van der Waals surface area contributed by atoms with Gasteiger partial charge in [-0.05, 0) is 41.5 Å². The van der Waals surface area contributed by atoms with Crippen molar-refractivity contribution in [3.8, 4) is 0 Å². The second-order valence-corrected chi connectivity index (χ2v) is 5.39. The molecule has 21 heavy (non-hydrogen) atoms. The minimum Gasteiger partial charge on any atom is -0.388 e. The molecule has 1 aliphatic carbocycles. The van der Waals surface area contributed by atoms with Gasteiger partial charge in [-0.1, -0.05) is 24.3 Å². The van der Waals surface area contributed by atoms with Gasteiger partial charge < -0.3 is 5.11 Å². The number of hydrogen-bond acceptors (Lipinski definition) is 3. The van der Waals surface area contributed by atoms with Crippen molar-refractivity contribution in [1.29, 1.82) is 0 Å². The molecule has 0 bridgehead atoms. The van der Waals surface area contributed by atoms with E-state index < -0.39 is 16.8 Å². The number of halogens is 1. The lowest BCUT2D eigenvalue weighted by molar-refractivity contribution is -0.385. The Hall–Kier alpha value is -2.27. The third kappa shape index (κ3) is 2.64. The molecule has 0 saturated carbocycles. The van der Waals surface area contributed by atoms with Crippen molar-refractivity contribution < 1.29 is 14.4 Å². The van der Waals surface area contributed by atoms with Crippen LogP contribution in [0.5, 0.6) is 0 Å². The van der Waals surface area contributed by atoms with Crippen LogP contribution in [0.25, 0.3) is 0 Å². The number of aliphatic hydroxyl groups excluding tert-OH is 1. The molecule has 0 heterocycles. The van der Waals surface area contributed by atoms with E-state index in [-0.39, 0.29) is 11.6 Å². The number of fused-ring (bicyclic) bond motifs is 1. The molecule has 4 nitrogen and oxygen atoms in total. The second-order valence-electron chi connectivity index (χ2n) is 5.39. The van der Waals surface area contributed by atoms with Gasteiger partial charge in [-0.3, -0.25) is 10.1 Å². The summed E-state index contributed by atoms with van der Waals surface area (Å²) in [6.07, 6.45) is 0.499. The molecule has 5 heteroatoms. The first-order chi connectivity index (χ1) is 10.0. The van der Waals surface area contributed by atoms with Crippen LogP contribution in [0, 0.1) is 21.8 Å². The van der Waals surface area contributed by atoms with Crippen LogP contribution in [0.3, 0.4) is 0 Å². The highest BCUT2D eigenvalue weighted by atomic mass is 19.1. The van der Waals surface area contributed by atoms with Gasteiger partial charge in [-0.25, -0.2) is 4.39 Å². The molecule has 0 radical (unpaired) electrons. The maximum Gasteiger partial charge on any atom is 0.272 e. The number of benzene rings is 2. The SMILES string of the molecule is O=[N+]([O-])c1cc(F)cc(CC2Cc3ccccc3C2O)c1. The van der Waals surface area contributed by atoms with Gasteiger partial charge >= 0.3 is 0 Å². The minimum absolute atomic E-state index is 0.0798. The van der Waals surface area contributed by atoms with Crippen LogP contribution in [-0.4, -0.2) is 10.0 Å². The number of nitro groups is 1. The summed E-state index contributed by atoms with van der Waals surface area (Å²) >= 11 is 0. The lowest BCUT2D eigenvalue weighted by Crippen LogP contribution is -2.11. The number of nitro benzene ring substituents is 1. The van der Waals surface area contributed by atoms with E-state index >= 15 is 0 Å². The van der Waals surface area contributed by atoms with Crippen molar-refractivity contribution >= 4 is 5.69 Å². The Balaban J connectivity index is 1.84. The van der Waals surface area contributed by atoms with Crippen LogP contribution >= 0.6 is 0 Å². The van der Waals surface area contributed by atoms with E-state index in [0.717, 1.165) is 17.2 Å². The minimum atomic E-state index is -0.621. The van der Waals surface area contributed by atoms with Crippen LogP contribution in [-0.2, 0) is 12.8 Å². The van der Waals surface area contributed by atoms with E-state index in [4.69, 9.17) is 0 Å². The highest BCUT2D eigenvalue weighted by Gasteiger charge is 2.30. The third-order valence-corrected chi connectivity index (χ3v) is 3.95. The molecule has 2 atom stereocenters. The van der Waals surface area contributed by atoms with Gasteiger partial charge in [0, 0.05) is 6.07 Å². The summed E-state index contributed by atoms with van der Waals surface area (Å²) in [7, 11) is 0. The first-order valence-electron chi connectivity index (χ1n) is 6.74. The molecule has 0 spiro atoms. The standard InChI is InChI=1S/C16H14FNO3/c17-13-6-10(7-14(9-13)18(20)21)5-12-8-11-3-1-2-4-15(11)16(12)19/h1-4,6-7,9,12,16,19H,5,8H2. The molecule has 108 valence electrons. The van der Waals surface area contributed by atoms with Crippen LogP contribution in [0.2, 0.25) is 0 Å². The summed E-state index contributed by atoms with van der Waals surface area (Å²) in [5.41, 5.74) is 2.27. The fraction of sp³-hybridized carbons (Fsp3) is 0.250. The largest absolute Gasteiger partial charge is 0.388 e. The molecule has 2 aromatic rings. The average Bonchev–Trinajstić information content (AvgIpc) is 2.75. The van der Waals surface area contributed by atoms with Crippen LogP contribution in [0.4, 0.5) is 10.1 Å². The monoisotopic (exact) mass is 287 g/mol. The summed E-state index contributed by atoms with van der Waals surface area (Å²) < 4.78 is 13.5. The summed E-state index contributed by atoms with van der Waals surface area (Å²) in [6, 6.07) is 11.2. The maximum atomic E-state index is 13.5. The zero-order chi connectivity index (χ0) is 15.0. The van der Waals surface area contributed by atoms with Gasteiger partial charge in [0.15, 0.2) is 0 Å². The number of non-ortho nitro benzene ring substituents is 1. The number of hydrogen-bond donors (Lipinski definition) is 1. The number of aliphatic hydroxyl groups is 1. The third-order valence-electron chi connectivity index (χ3n) is 3.95. The zero-order valence-electron chi connectivity index (χ0n) is 11.2. The Morgan fingerprint density at radius 2 is 2.05 bits per heavy atom. The smallest absolute Gasteiger partial charge is 0.272 e. The quantitative estimate of drug-likeness (QED) is 0.696. The van der Waals surface area contributed by atoms with Gasteiger partial charge in [-0.15, -0.1) is 0 Å². The summed E-state index contributed by atoms with van der Waals surface area (Å²) in [5.74, 6) is -0.701. The van der Waals surface area contributed by atoms with Crippen molar-refractivity contribution in [3.63, 3.8) is 0 Å². The summed E-state index contributed by atoms with van der Waals surface area (Å²) in [6.45, 7) is 0. The van der Waals surface area contributed by atoms with Gasteiger partial charge in [0.25, 0.3) is 5.69 Å². The predicted octanol–water partition coefficient (Wildman–Crippen LogP) is 3.18. The van der Waals surface area contributed by atoms with E-state index in [1.54, 1.807) is 0 Å². The topological polar surface area (TPSA) is 63.4 Å². The van der Waals surface area contributed by atoms with E-state index in [2.05, 4.69) is 0 Å². The Labute approximate surface area is 121 Å². The normalized spacial score (nSPS) is 20.3. The van der Waals surface area contributed by atoms with Crippen molar-refractivity contribution in [3.05, 3.63) is 75.1 Å². The van der Waals surface area contributed by atoms with Crippen molar-refractivity contribution in [1.82, 2.24) is 0 Å². The highest BCUT2D eigenvalue weighted by Crippen LogP contribution is 2.38. The van der Waals surface area contributed by atoms with Gasteiger partial charge in [0.05, 0.1) is 17.1 Å².